The van der Waals surface area contributed by atoms with E-state index in [4.69, 9.17) is 10.3 Å². The number of hydrogen-bond acceptors (Lipinski definition) is 4. The van der Waals surface area contributed by atoms with Crippen LogP contribution in [0.1, 0.15) is 36.8 Å². The molecule has 2 aromatic rings. The summed E-state index contributed by atoms with van der Waals surface area (Å²) in [7, 11) is 0. The van der Waals surface area contributed by atoms with Gasteiger partial charge in [-0.05, 0) is 31.4 Å². The van der Waals surface area contributed by atoms with Crippen LogP contribution < -0.4 is 5.73 Å². The van der Waals surface area contributed by atoms with Crippen LogP contribution in [0.3, 0.4) is 0 Å². The first-order chi connectivity index (χ1) is 8.49. The molecule has 2 N–H and O–H groups in total. The van der Waals surface area contributed by atoms with E-state index in [0.29, 0.717) is 11.7 Å². The normalized spacial score (nSPS) is 13.0. The lowest BCUT2D eigenvalue weighted by molar-refractivity contribution is 0.400. The highest BCUT2D eigenvalue weighted by atomic mass is 16.5. The van der Waals surface area contributed by atoms with Crippen LogP contribution in [0.2, 0.25) is 0 Å². The maximum Gasteiger partial charge on any atom is 0.258 e. The van der Waals surface area contributed by atoms with Gasteiger partial charge in [-0.25, -0.2) is 0 Å². The molecule has 0 saturated carbocycles. The van der Waals surface area contributed by atoms with Crippen molar-refractivity contribution in [3.05, 3.63) is 35.2 Å². The summed E-state index contributed by atoms with van der Waals surface area (Å²) in [6.45, 7) is 8.18. The number of nitrogens with zero attached hydrogens (tertiary/aromatic N) is 2. The Kier molecular flexibility index (Phi) is 3.48. The van der Waals surface area contributed by atoms with E-state index in [9.17, 15) is 0 Å². The predicted octanol–water partition coefficient (Wildman–Crippen LogP) is 3.01. The SMILES string of the molecule is Cc1ccc(-c2nc(C(N)C(C)C)no2)c(C)c1. The highest BCUT2D eigenvalue weighted by molar-refractivity contribution is 5.58. The zero-order valence-electron chi connectivity index (χ0n) is 11.3. The molecule has 18 heavy (non-hydrogen) atoms. The molecule has 1 aromatic heterocycles. The predicted molar refractivity (Wildman–Crippen MR) is 71.0 cm³/mol. The second-order valence-electron chi connectivity index (χ2n) is 5.05. The molecule has 1 heterocycles. The molecule has 0 radical (unpaired) electrons. The second kappa shape index (κ2) is 4.90. The zero-order chi connectivity index (χ0) is 13.3. The molecule has 0 spiro atoms. The van der Waals surface area contributed by atoms with E-state index in [1.807, 2.05) is 32.9 Å². The quantitative estimate of drug-likeness (QED) is 0.902. The van der Waals surface area contributed by atoms with E-state index in [0.717, 1.165) is 11.1 Å². The third-order valence-electron chi connectivity index (χ3n) is 3.07. The number of rotatable bonds is 3. The summed E-state index contributed by atoms with van der Waals surface area (Å²) in [6, 6.07) is 5.95. The maximum absolute atomic E-state index is 6.01. The van der Waals surface area contributed by atoms with Crippen molar-refractivity contribution >= 4 is 0 Å². The molecular formula is C14H19N3O. The summed E-state index contributed by atoms with van der Waals surface area (Å²) in [5.74, 6) is 1.40. The minimum Gasteiger partial charge on any atom is -0.334 e. The fraction of sp³-hybridized carbons (Fsp3) is 0.429. The lowest BCUT2D eigenvalue weighted by Crippen LogP contribution is -2.18. The van der Waals surface area contributed by atoms with Gasteiger partial charge in [0, 0.05) is 5.56 Å². The summed E-state index contributed by atoms with van der Waals surface area (Å²) >= 11 is 0. The summed E-state index contributed by atoms with van der Waals surface area (Å²) in [5, 5.41) is 3.97. The Morgan fingerprint density at radius 1 is 1.22 bits per heavy atom. The molecule has 96 valence electrons. The topological polar surface area (TPSA) is 64.9 Å². The van der Waals surface area contributed by atoms with Crippen LogP contribution in [-0.2, 0) is 0 Å². The van der Waals surface area contributed by atoms with Crippen molar-refractivity contribution in [2.75, 3.05) is 0 Å². The van der Waals surface area contributed by atoms with E-state index < -0.39 is 0 Å². The van der Waals surface area contributed by atoms with Gasteiger partial charge in [0.05, 0.1) is 6.04 Å². The number of hydrogen-bond donors (Lipinski definition) is 1. The molecule has 2 rings (SSSR count). The average Bonchev–Trinajstić information content (AvgIpc) is 2.77. The standard InChI is InChI=1S/C14H19N3O/c1-8(2)12(15)13-16-14(18-17-13)11-6-5-9(3)7-10(11)4/h5-8,12H,15H2,1-4H3. The summed E-state index contributed by atoms with van der Waals surface area (Å²) in [6.07, 6.45) is 0. The fourth-order valence-electron chi connectivity index (χ4n) is 1.83. The van der Waals surface area contributed by atoms with Gasteiger partial charge in [0.2, 0.25) is 0 Å². The number of aryl methyl sites for hydroxylation is 2. The first kappa shape index (κ1) is 12.8. The largest absolute Gasteiger partial charge is 0.334 e. The summed E-state index contributed by atoms with van der Waals surface area (Å²) in [5.41, 5.74) is 9.32. The lowest BCUT2D eigenvalue weighted by atomic mass is 10.0. The van der Waals surface area contributed by atoms with Gasteiger partial charge in [-0.15, -0.1) is 0 Å². The Labute approximate surface area is 107 Å². The molecule has 0 aliphatic rings. The van der Waals surface area contributed by atoms with Gasteiger partial charge in [-0.3, -0.25) is 0 Å². The minimum atomic E-state index is -0.187. The van der Waals surface area contributed by atoms with E-state index in [2.05, 4.69) is 23.1 Å². The first-order valence-corrected chi connectivity index (χ1v) is 6.16. The third-order valence-corrected chi connectivity index (χ3v) is 3.07. The maximum atomic E-state index is 6.01. The van der Waals surface area contributed by atoms with Crippen LogP contribution in [0, 0.1) is 19.8 Å². The van der Waals surface area contributed by atoms with E-state index in [1.165, 1.54) is 5.56 Å². The Hall–Kier alpha value is -1.68. The Morgan fingerprint density at radius 2 is 1.94 bits per heavy atom. The molecule has 1 unspecified atom stereocenters. The van der Waals surface area contributed by atoms with Crippen LogP contribution in [0.15, 0.2) is 22.7 Å². The van der Waals surface area contributed by atoms with Crippen LogP contribution in [0.25, 0.3) is 11.5 Å². The van der Waals surface area contributed by atoms with Crippen molar-refractivity contribution in [2.24, 2.45) is 11.7 Å². The second-order valence-corrected chi connectivity index (χ2v) is 5.05. The van der Waals surface area contributed by atoms with Gasteiger partial charge in [-0.1, -0.05) is 36.7 Å². The highest BCUT2D eigenvalue weighted by Gasteiger charge is 2.18. The van der Waals surface area contributed by atoms with Crippen LogP contribution in [-0.4, -0.2) is 10.1 Å². The molecule has 0 aliphatic heterocycles. The van der Waals surface area contributed by atoms with Gasteiger partial charge in [0.1, 0.15) is 0 Å². The molecule has 1 aromatic carbocycles. The smallest absolute Gasteiger partial charge is 0.258 e. The molecule has 4 heteroatoms. The van der Waals surface area contributed by atoms with Gasteiger partial charge in [-0.2, -0.15) is 4.98 Å². The van der Waals surface area contributed by atoms with Crippen molar-refractivity contribution in [1.82, 2.24) is 10.1 Å². The number of aromatic nitrogens is 2. The van der Waals surface area contributed by atoms with Crippen molar-refractivity contribution in [3.8, 4) is 11.5 Å². The molecule has 0 bridgehead atoms. The minimum absolute atomic E-state index is 0.187. The van der Waals surface area contributed by atoms with Gasteiger partial charge in [0.15, 0.2) is 5.82 Å². The van der Waals surface area contributed by atoms with E-state index in [-0.39, 0.29) is 12.0 Å². The van der Waals surface area contributed by atoms with E-state index in [1.54, 1.807) is 0 Å². The number of benzene rings is 1. The molecule has 0 fully saturated rings. The molecule has 0 amide bonds. The molecule has 0 saturated heterocycles. The Morgan fingerprint density at radius 3 is 2.56 bits per heavy atom. The first-order valence-electron chi connectivity index (χ1n) is 6.16. The molecular weight excluding hydrogens is 226 g/mol. The monoisotopic (exact) mass is 245 g/mol. The third kappa shape index (κ3) is 2.43. The van der Waals surface area contributed by atoms with Gasteiger partial charge >= 0.3 is 0 Å². The van der Waals surface area contributed by atoms with Crippen molar-refractivity contribution in [2.45, 2.75) is 33.7 Å². The summed E-state index contributed by atoms with van der Waals surface area (Å²) < 4.78 is 5.30. The zero-order valence-corrected chi connectivity index (χ0v) is 11.3. The molecule has 4 nitrogen and oxygen atoms in total. The van der Waals surface area contributed by atoms with E-state index >= 15 is 0 Å². The van der Waals surface area contributed by atoms with Crippen molar-refractivity contribution in [1.29, 1.82) is 0 Å². The van der Waals surface area contributed by atoms with Crippen LogP contribution >= 0.6 is 0 Å². The van der Waals surface area contributed by atoms with Gasteiger partial charge < -0.3 is 10.3 Å². The van der Waals surface area contributed by atoms with Crippen LogP contribution in [0.5, 0.6) is 0 Å². The van der Waals surface area contributed by atoms with Crippen LogP contribution in [0.4, 0.5) is 0 Å². The van der Waals surface area contributed by atoms with Crippen molar-refractivity contribution in [3.63, 3.8) is 0 Å². The average molecular weight is 245 g/mol. The molecule has 1 atom stereocenters. The molecule has 0 aliphatic carbocycles. The summed E-state index contributed by atoms with van der Waals surface area (Å²) in [4.78, 5) is 4.39. The Bertz CT molecular complexity index is 546. The van der Waals surface area contributed by atoms with Crippen molar-refractivity contribution < 1.29 is 4.52 Å². The Balaban J connectivity index is 2.35. The lowest BCUT2D eigenvalue weighted by Gasteiger charge is -2.09. The number of nitrogens with two attached hydrogens (primary N) is 1. The fourth-order valence-corrected chi connectivity index (χ4v) is 1.83. The highest BCUT2D eigenvalue weighted by Crippen LogP contribution is 2.24. The van der Waals surface area contributed by atoms with Gasteiger partial charge in [0.25, 0.3) is 5.89 Å².